The topological polar surface area (TPSA) is 61.2 Å². The summed E-state index contributed by atoms with van der Waals surface area (Å²) < 4.78 is 40.4. The fraction of sp³-hybridized carbons (Fsp3) is 0.333. The van der Waals surface area contributed by atoms with E-state index in [2.05, 4.69) is 15.0 Å². The van der Waals surface area contributed by atoms with Crippen LogP contribution in [0, 0.1) is 11.3 Å². The van der Waals surface area contributed by atoms with Gasteiger partial charge in [-0.2, -0.15) is 18.4 Å². The van der Waals surface area contributed by atoms with Crippen LogP contribution < -0.4 is 10.1 Å². The highest BCUT2D eigenvalue weighted by Gasteiger charge is 2.28. The lowest BCUT2D eigenvalue weighted by molar-refractivity contribution is -0.153. The van der Waals surface area contributed by atoms with E-state index in [0.29, 0.717) is 5.82 Å². The summed E-state index contributed by atoms with van der Waals surface area (Å²) >= 11 is 0. The van der Waals surface area contributed by atoms with Gasteiger partial charge in [0.1, 0.15) is 23.3 Å². The van der Waals surface area contributed by atoms with Crippen LogP contribution in [0.25, 0.3) is 0 Å². The summed E-state index contributed by atoms with van der Waals surface area (Å²) in [6.07, 6.45) is -1.69. The molecule has 0 radical (unpaired) electrons. The molecule has 108 valence electrons. The number of halogens is 3. The SMILES string of the molecule is CN(C)/C=C(/C#N)Nc1ccc(OCC(F)(F)F)cn1. The van der Waals surface area contributed by atoms with E-state index in [1.807, 2.05) is 6.07 Å². The predicted octanol–water partition coefficient (Wildman–Crippen LogP) is 2.36. The molecule has 0 fully saturated rings. The Morgan fingerprint density at radius 3 is 2.65 bits per heavy atom. The van der Waals surface area contributed by atoms with E-state index in [1.54, 1.807) is 25.2 Å². The van der Waals surface area contributed by atoms with Gasteiger partial charge in [0.05, 0.1) is 6.20 Å². The summed E-state index contributed by atoms with van der Waals surface area (Å²) in [5.41, 5.74) is 0.256. The number of nitrogens with zero attached hydrogens (tertiary/aromatic N) is 3. The zero-order valence-corrected chi connectivity index (χ0v) is 10.9. The van der Waals surface area contributed by atoms with E-state index in [-0.39, 0.29) is 11.4 Å². The molecule has 0 unspecified atom stereocenters. The molecule has 1 aromatic rings. The van der Waals surface area contributed by atoms with E-state index < -0.39 is 12.8 Å². The normalized spacial score (nSPS) is 11.7. The van der Waals surface area contributed by atoms with Crippen molar-refractivity contribution >= 4 is 5.82 Å². The molecule has 0 atom stereocenters. The number of ether oxygens (including phenoxy) is 1. The zero-order valence-electron chi connectivity index (χ0n) is 10.9. The molecule has 0 aliphatic heterocycles. The van der Waals surface area contributed by atoms with Gasteiger partial charge >= 0.3 is 6.18 Å². The summed E-state index contributed by atoms with van der Waals surface area (Å²) in [5, 5.41) is 11.6. The molecular formula is C12H13F3N4O. The molecule has 0 spiro atoms. The number of nitrogens with one attached hydrogen (secondary N) is 1. The molecule has 20 heavy (non-hydrogen) atoms. The Hall–Kier alpha value is -2.43. The maximum absolute atomic E-state index is 12.0. The molecule has 0 aliphatic carbocycles. The van der Waals surface area contributed by atoms with Gasteiger partial charge in [-0.25, -0.2) is 4.98 Å². The minimum atomic E-state index is -4.39. The molecule has 0 saturated carbocycles. The van der Waals surface area contributed by atoms with Gasteiger partial charge < -0.3 is 15.0 Å². The summed E-state index contributed by atoms with van der Waals surface area (Å²) in [6.45, 7) is -1.37. The monoisotopic (exact) mass is 286 g/mol. The molecule has 1 aromatic heterocycles. The van der Waals surface area contributed by atoms with Crippen LogP contribution in [-0.4, -0.2) is 36.8 Å². The molecule has 0 saturated heterocycles. The van der Waals surface area contributed by atoms with Crippen LogP contribution in [0.3, 0.4) is 0 Å². The Bertz CT molecular complexity index is 503. The molecule has 5 nitrogen and oxygen atoms in total. The smallest absolute Gasteiger partial charge is 0.422 e. The molecule has 1 heterocycles. The molecular weight excluding hydrogens is 273 g/mol. The van der Waals surface area contributed by atoms with Gasteiger partial charge in [-0.1, -0.05) is 0 Å². The summed E-state index contributed by atoms with van der Waals surface area (Å²) in [6, 6.07) is 4.69. The molecule has 0 amide bonds. The standard InChI is InChI=1S/C12H13F3N4O/c1-19(2)7-9(5-16)18-11-4-3-10(6-17-11)20-8-12(13,14)15/h3-4,6-7H,8H2,1-2H3,(H,17,18)/b9-7-. The first kappa shape index (κ1) is 15.6. The first-order chi connectivity index (χ1) is 9.30. The van der Waals surface area contributed by atoms with Gasteiger partial charge in [0, 0.05) is 20.3 Å². The van der Waals surface area contributed by atoms with Gasteiger partial charge in [-0.05, 0) is 12.1 Å². The number of hydrogen-bond acceptors (Lipinski definition) is 5. The highest BCUT2D eigenvalue weighted by molar-refractivity contribution is 5.47. The lowest BCUT2D eigenvalue weighted by atomic mass is 10.4. The second kappa shape index (κ2) is 6.65. The summed E-state index contributed by atoms with van der Waals surface area (Å²) in [7, 11) is 3.50. The third kappa shape index (κ3) is 5.95. The van der Waals surface area contributed by atoms with Crippen molar-refractivity contribution in [2.75, 3.05) is 26.0 Å². The van der Waals surface area contributed by atoms with Gasteiger partial charge in [0.25, 0.3) is 0 Å². The lowest BCUT2D eigenvalue weighted by Gasteiger charge is -2.10. The summed E-state index contributed by atoms with van der Waals surface area (Å²) in [4.78, 5) is 5.53. The van der Waals surface area contributed by atoms with Crippen molar-refractivity contribution in [3.05, 3.63) is 30.2 Å². The number of pyridine rings is 1. The maximum Gasteiger partial charge on any atom is 0.422 e. The zero-order chi connectivity index (χ0) is 15.2. The van der Waals surface area contributed by atoms with Crippen molar-refractivity contribution < 1.29 is 17.9 Å². The van der Waals surface area contributed by atoms with Crippen molar-refractivity contribution in [1.29, 1.82) is 5.26 Å². The third-order valence-corrected chi connectivity index (χ3v) is 1.91. The fourth-order valence-electron chi connectivity index (χ4n) is 1.19. The minimum absolute atomic E-state index is 0.00275. The van der Waals surface area contributed by atoms with Crippen molar-refractivity contribution in [3.63, 3.8) is 0 Å². The Morgan fingerprint density at radius 2 is 2.20 bits per heavy atom. The van der Waals surface area contributed by atoms with Crippen LogP contribution in [0.2, 0.25) is 0 Å². The number of allylic oxidation sites excluding steroid dienone is 1. The average Bonchev–Trinajstić information content (AvgIpc) is 2.35. The van der Waals surface area contributed by atoms with Crippen LogP contribution in [0.1, 0.15) is 0 Å². The van der Waals surface area contributed by atoms with Gasteiger partial charge in [0.15, 0.2) is 6.61 Å². The largest absolute Gasteiger partial charge is 0.483 e. The van der Waals surface area contributed by atoms with E-state index in [9.17, 15) is 13.2 Å². The van der Waals surface area contributed by atoms with Crippen LogP contribution in [0.4, 0.5) is 19.0 Å². The van der Waals surface area contributed by atoms with Crippen LogP contribution >= 0.6 is 0 Å². The van der Waals surface area contributed by atoms with Crippen molar-refractivity contribution in [2.24, 2.45) is 0 Å². The highest BCUT2D eigenvalue weighted by Crippen LogP contribution is 2.19. The Morgan fingerprint density at radius 1 is 1.50 bits per heavy atom. The Kier molecular flexibility index (Phi) is 5.20. The van der Waals surface area contributed by atoms with Crippen molar-refractivity contribution in [2.45, 2.75) is 6.18 Å². The Labute approximate surface area is 114 Å². The minimum Gasteiger partial charge on any atom is -0.483 e. The molecule has 0 bridgehead atoms. The number of anilines is 1. The Balaban J connectivity index is 2.65. The quantitative estimate of drug-likeness (QED) is 0.842. The number of aromatic nitrogens is 1. The van der Waals surface area contributed by atoms with E-state index in [0.717, 1.165) is 6.20 Å². The highest BCUT2D eigenvalue weighted by atomic mass is 19.4. The van der Waals surface area contributed by atoms with E-state index in [1.165, 1.54) is 12.1 Å². The second-order valence-corrected chi connectivity index (χ2v) is 4.03. The summed E-state index contributed by atoms with van der Waals surface area (Å²) in [5.74, 6) is 0.335. The second-order valence-electron chi connectivity index (χ2n) is 4.03. The van der Waals surface area contributed by atoms with Crippen LogP contribution in [0.5, 0.6) is 5.75 Å². The van der Waals surface area contributed by atoms with E-state index in [4.69, 9.17) is 5.26 Å². The van der Waals surface area contributed by atoms with Crippen molar-refractivity contribution in [3.8, 4) is 11.8 Å². The molecule has 1 N–H and O–H groups in total. The molecule has 1 rings (SSSR count). The third-order valence-electron chi connectivity index (χ3n) is 1.91. The first-order valence-electron chi connectivity index (χ1n) is 5.51. The van der Waals surface area contributed by atoms with E-state index >= 15 is 0 Å². The fourth-order valence-corrected chi connectivity index (χ4v) is 1.19. The van der Waals surface area contributed by atoms with Gasteiger partial charge in [0.2, 0.25) is 0 Å². The number of alkyl halides is 3. The average molecular weight is 286 g/mol. The molecule has 0 aromatic carbocycles. The molecule has 0 aliphatic rings. The predicted molar refractivity (Wildman–Crippen MR) is 66.8 cm³/mol. The molecule has 8 heteroatoms. The number of rotatable bonds is 5. The number of nitriles is 1. The number of hydrogen-bond donors (Lipinski definition) is 1. The van der Waals surface area contributed by atoms with Gasteiger partial charge in [-0.15, -0.1) is 0 Å². The van der Waals surface area contributed by atoms with Crippen LogP contribution in [0.15, 0.2) is 30.2 Å². The van der Waals surface area contributed by atoms with Gasteiger partial charge in [-0.3, -0.25) is 0 Å². The lowest BCUT2D eigenvalue weighted by Crippen LogP contribution is -2.19. The first-order valence-corrected chi connectivity index (χ1v) is 5.51. The van der Waals surface area contributed by atoms with Crippen LogP contribution in [-0.2, 0) is 0 Å². The van der Waals surface area contributed by atoms with Crippen molar-refractivity contribution in [1.82, 2.24) is 9.88 Å². The maximum atomic E-state index is 12.0.